The molecule has 0 aromatic rings. The molecule has 0 bridgehead atoms. The van der Waals surface area contributed by atoms with Crippen molar-refractivity contribution in [2.75, 3.05) is 6.79 Å². The van der Waals surface area contributed by atoms with Crippen molar-refractivity contribution in [1.29, 1.82) is 0 Å². The monoisotopic (exact) mass is 188 g/mol. The second-order valence-corrected chi connectivity index (χ2v) is 4.09. The SMILES string of the molecule is CC(C)(C)OCOC(=O)OC1CC1. The van der Waals surface area contributed by atoms with Crippen LogP contribution >= 0.6 is 0 Å². The van der Waals surface area contributed by atoms with E-state index in [1.54, 1.807) is 0 Å². The van der Waals surface area contributed by atoms with Crippen LogP contribution in [0.25, 0.3) is 0 Å². The molecule has 1 aliphatic carbocycles. The van der Waals surface area contributed by atoms with Crippen molar-refractivity contribution in [1.82, 2.24) is 0 Å². The van der Waals surface area contributed by atoms with Crippen LogP contribution < -0.4 is 0 Å². The quantitative estimate of drug-likeness (QED) is 0.502. The van der Waals surface area contributed by atoms with E-state index in [0.717, 1.165) is 12.8 Å². The van der Waals surface area contributed by atoms with Gasteiger partial charge in [0.15, 0.2) is 6.79 Å². The Morgan fingerprint density at radius 3 is 2.46 bits per heavy atom. The highest BCUT2D eigenvalue weighted by molar-refractivity contribution is 5.60. The minimum absolute atomic E-state index is 0.0466. The standard InChI is InChI=1S/C9H16O4/c1-9(2,3)12-6-11-8(10)13-7-4-5-7/h7H,4-6H2,1-3H3. The van der Waals surface area contributed by atoms with Crippen LogP contribution in [-0.4, -0.2) is 24.7 Å². The summed E-state index contributed by atoms with van der Waals surface area (Å²) in [5.74, 6) is 0. The van der Waals surface area contributed by atoms with Gasteiger partial charge < -0.3 is 14.2 Å². The molecule has 0 unspecified atom stereocenters. The van der Waals surface area contributed by atoms with E-state index in [0.29, 0.717) is 0 Å². The molecule has 0 heterocycles. The van der Waals surface area contributed by atoms with Gasteiger partial charge in [0, 0.05) is 0 Å². The number of hydrogen-bond acceptors (Lipinski definition) is 4. The van der Waals surface area contributed by atoms with Gasteiger partial charge in [-0.2, -0.15) is 0 Å². The molecule has 0 aromatic heterocycles. The summed E-state index contributed by atoms with van der Waals surface area (Å²) in [5, 5.41) is 0. The first-order valence-corrected chi connectivity index (χ1v) is 4.45. The molecule has 1 saturated carbocycles. The molecule has 0 atom stereocenters. The van der Waals surface area contributed by atoms with Gasteiger partial charge in [-0.1, -0.05) is 0 Å². The van der Waals surface area contributed by atoms with E-state index in [1.807, 2.05) is 20.8 Å². The summed E-state index contributed by atoms with van der Waals surface area (Å²) in [7, 11) is 0. The minimum atomic E-state index is -0.633. The van der Waals surface area contributed by atoms with Gasteiger partial charge in [0.1, 0.15) is 6.10 Å². The molecule has 0 aromatic carbocycles. The lowest BCUT2D eigenvalue weighted by atomic mass is 10.2. The maximum absolute atomic E-state index is 10.9. The highest BCUT2D eigenvalue weighted by Gasteiger charge is 2.26. The molecule has 4 heteroatoms. The highest BCUT2D eigenvalue weighted by Crippen LogP contribution is 2.23. The Hall–Kier alpha value is -0.770. The van der Waals surface area contributed by atoms with Crippen molar-refractivity contribution < 1.29 is 19.0 Å². The second kappa shape index (κ2) is 3.96. The van der Waals surface area contributed by atoms with Crippen LogP contribution in [-0.2, 0) is 14.2 Å². The van der Waals surface area contributed by atoms with Crippen LogP contribution in [0.15, 0.2) is 0 Å². The smallest absolute Gasteiger partial charge is 0.431 e. The fourth-order valence-electron chi connectivity index (χ4n) is 0.610. The zero-order valence-electron chi connectivity index (χ0n) is 8.33. The van der Waals surface area contributed by atoms with E-state index < -0.39 is 6.16 Å². The Bertz CT molecular complexity index is 179. The van der Waals surface area contributed by atoms with Gasteiger partial charge in [-0.3, -0.25) is 0 Å². The van der Waals surface area contributed by atoms with Gasteiger partial charge in [-0.15, -0.1) is 0 Å². The average Bonchev–Trinajstić information content (AvgIpc) is 2.68. The number of ether oxygens (including phenoxy) is 3. The van der Waals surface area contributed by atoms with Crippen LogP contribution in [0.1, 0.15) is 33.6 Å². The van der Waals surface area contributed by atoms with Crippen molar-refractivity contribution >= 4 is 6.16 Å². The van der Waals surface area contributed by atoms with Gasteiger partial charge >= 0.3 is 6.16 Å². The van der Waals surface area contributed by atoms with Crippen molar-refractivity contribution in [2.45, 2.75) is 45.3 Å². The molecule has 13 heavy (non-hydrogen) atoms. The Kier molecular flexibility index (Phi) is 3.14. The maximum Gasteiger partial charge on any atom is 0.510 e. The van der Waals surface area contributed by atoms with Crippen LogP contribution in [0.2, 0.25) is 0 Å². The zero-order chi connectivity index (χ0) is 9.90. The number of carbonyl (C=O) groups is 1. The first kappa shape index (κ1) is 10.3. The molecule has 1 fully saturated rings. The van der Waals surface area contributed by atoms with Crippen molar-refractivity contribution in [3.63, 3.8) is 0 Å². The Morgan fingerprint density at radius 1 is 1.38 bits per heavy atom. The third kappa shape index (κ3) is 5.47. The Balaban J connectivity index is 2.01. The average molecular weight is 188 g/mol. The molecule has 0 saturated heterocycles. The third-order valence-electron chi connectivity index (χ3n) is 1.46. The fraction of sp³-hybridized carbons (Fsp3) is 0.889. The molecule has 76 valence electrons. The molecule has 0 radical (unpaired) electrons. The van der Waals surface area contributed by atoms with E-state index in [2.05, 4.69) is 4.74 Å². The lowest BCUT2D eigenvalue weighted by Gasteiger charge is -2.18. The first-order chi connectivity index (χ1) is 5.97. The van der Waals surface area contributed by atoms with Crippen molar-refractivity contribution in [2.24, 2.45) is 0 Å². The second-order valence-electron chi connectivity index (χ2n) is 4.09. The van der Waals surface area contributed by atoms with E-state index in [9.17, 15) is 4.79 Å². The van der Waals surface area contributed by atoms with Gasteiger partial charge in [0.2, 0.25) is 0 Å². The summed E-state index contributed by atoms with van der Waals surface area (Å²) in [5.41, 5.74) is -0.292. The van der Waals surface area contributed by atoms with Crippen LogP contribution in [0, 0.1) is 0 Å². The maximum atomic E-state index is 10.9. The summed E-state index contributed by atoms with van der Waals surface area (Å²) in [6.45, 7) is 5.63. The van der Waals surface area contributed by atoms with E-state index in [-0.39, 0.29) is 18.5 Å². The predicted octanol–water partition coefficient (Wildman–Crippen LogP) is 2.07. The first-order valence-electron chi connectivity index (χ1n) is 4.45. The topological polar surface area (TPSA) is 44.8 Å². The summed E-state index contributed by atoms with van der Waals surface area (Å²) in [6.07, 6.45) is 1.36. The molecule has 1 aliphatic rings. The van der Waals surface area contributed by atoms with Gasteiger partial charge in [-0.25, -0.2) is 4.79 Å². The van der Waals surface area contributed by atoms with Gasteiger partial charge in [-0.05, 0) is 33.6 Å². The van der Waals surface area contributed by atoms with E-state index in [1.165, 1.54) is 0 Å². The van der Waals surface area contributed by atoms with Crippen LogP contribution in [0.3, 0.4) is 0 Å². The Labute approximate surface area is 78.2 Å². The summed E-state index contributed by atoms with van der Waals surface area (Å²) in [4.78, 5) is 10.9. The summed E-state index contributed by atoms with van der Waals surface area (Å²) < 4.78 is 14.7. The predicted molar refractivity (Wildman–Crippen MR) is 46.3 cm³/mol. The minimum Gasteiger partial charge on any atom is -0.431 e. The molecular weight excluding hydrogens is 172 g/mol. The highest BCUT2D eigenvalue weighted by atomic mass is 16.8. The molecule has 0 spiro atoms. The number of hydrogen-bond donors (Lipinski definition) is 0. The zero-order valence-corrected chi connectivity index (χ0v) is 8.33. The normalized spacial score (nSPS) is 16.8. The lowest BCUT2D eigenvalue weighted by molar-refractivity contribution is -0.106. The summed E-state index contributed by atoms with van der Waals surface area (Å²) in [6, 6.07) is 0. The largest absolute Gasteiger partial charge is 0.510 e. The number of carbonyl (C=O) groups excluding carboxylic acids is 1. The number of rotatable bonds is 3. The molecular formula is C9H16O4. The van der Waals surface area contributed by atoms with Gasteiger partial charge in [0.05, 0.1) is 5.60 Å². The van der Waals surface area contributed by atoms with E-state index in [4.69, 9.17) is 9.47 Å². The lowest BCUT2D eigenvalue weighted by Crippen LogP contribution is -2.22. The molecule has 0 amide bonds. The van der Waals surface area contributed by atoms with E-state index >= 15 is 0 Å². The molecule has 1 rings (SSSR count). The van der Waals surface area contributed by atoms with Crippen molar-refractivity contribution in [3.05, 3.63) is 0 Å². The molecule has 4 nitrogen and oxygen atoms in total. The Morgan fingerprint density at radius 2 is 2.00 bits per heavy atom. The van der Waals surface area contributed by atoms with Crippen LogP contribution in [0.5, 0.6) is 0 Å². The third-order valence-corrected chi connectivity index (χ3v) is 1.46. The molecule has 0 N–H and O–H groups in total. The fourth-order valence-corrected chi connectivity index (χ4v) is 0.610. The van der Waals surface area contributed by atoms with Crippen LogP contribution in [0.4, 0.5) is 4.79 Å². The summed E-state index contributed by atoms with van der Waals surface area (Å²) >= 11 is 0. The van der Waals surface area contributed by atoms with Crippen molar-refractivity contribution in [3.8, 4) is 0 Å². The van der Waals surface area contributed by atoms with Gasteiger partial charge in [0.25, 0.3) is 0 Å². The molecule has 0 aliphatic heterocycles.